The van der Waals surface area contributed by atoms with Gasteiger partial charge in [-0.2, -0.15) is 0 Å². The van der Waals surface area contributed by atoms with Crippen LogP contribution in [0.1, 0.15) is 64.2 Å². The van der Waals surface area contributed by atoms with E-state index in [9.17, 15) is 4.79 Å². The topological polar surface area (TPSA) is 38.3 Å². The van der Waals surface area contributed by atoms with E-state index >= 15 is 0 Å². The van der Waals surface area contributed by atoms with E-state index in [4.69, 9.17) is 4.74 Å². The summed E-state index contributed by atoms with van der Waals surface area (Å²) in [6, 6.07) is 0.593. The normalized spacial score (nSPS) is 33.9. The van der Waals surface area contributed by atoms with Crippen molar-refractivity contribution < 1.29 is 9.53 Å². The van der Waals surface area contributed by atoms with E-state index in [0.717, 1.165) is 38.8 Å². The second-order valence-corrected chi connectivity index (χ2v) is 6.73. The Morgan fingerprint density at radius 3 is 2.79 bits per heavy atom. The quantitative estimate of drug-likeness (QED) is 0.849. The smallest absolute Gasteiger partial charge is 0.136 e. The minimum absolute atomic E-state index is 0.113. The zero-order chi connectivity index (χ0) is 13.1. The summed E-state index contributed by atoms with van der Waals surface area (Å²) in [5.41, 5.74) is 0.113. The third-order valence-corrected chi connectivity index (χ3v) is 5.36. The summed E-state index contributed by atoms with van der Waals surface area (Å²) in [6.45, 7) is 1.94. The number of Topliss-reactive ketones (excluding diaryl/α,β-unsaturated/α-hetero) is 1. The van der Waals surface area contributed by atoms with Gasteiger partial charge < -0.3 is 10.1 Å². The Bertz CT molecular complexity index is 319. The lowest BCUT2D eigenvalue weighted by molar-refractivity contribution is -0.155. The number of carbonyl (C=O) groups excluding carboxylic acids is 1. The third-order valence-electron chi connectivity index (χ3n) is 5.36. The Morgan fingerprint density at radius 1 is 1.21 bits per heavy atom. The molecule has 0 aromatic carbocycles. The molecule has 0 aromatic heterocycles. The summed E-state index contributed by atoms with van der Waals surface area (Å²) in [5, 5.41) is 3.54. The minimum atomic E-state index is 0.113. The highest BCUT2D eigenvalue weighted by Gasteiger charge is 2.44. The average Bonchev–Trinajstić information content (AvgIpc) is 2.44. The number of rotatable bonds is 4. The molecule has 0 radical (unpaired) electrons. The maximum absolute atomic E-state index is 12.4. The Hall–Kier alpha value is -0.410. The fourth-order valence-corrected chi connectivity index (χ4v) is 3.91. The summed E-state index contributed by atoms with van der Waals surface area (Å²) >= 11 is 0. The molecule has 19 heavy (non-hydrogen) atoms. The van der Waals surface area contributed by atoms with Gasteiger partial charge in [-0.25, -0.2) is 0 Å². The molecule has 108 valence electrons. The first kappa shape index (κ1) is 13.6. The molecule has 0 amide bonds. The lowest BCUT2D eigenvalue weighted by Crippen LogP contribution is -2.47. The molecular formula is C16H27NO2. The van der Waals surface area contributed by atoms with Crippen LogP contribution in [0.25, 0.3) is 0 Å². The number of piperidine rings is 1. The van der Waals surface area contributed by atoms with Gasteiger partial charge in [0.1, 0.15) is 5.78 Å². The van der Waals surface area contributed by atoms with Crippen LogP contribution in [0.4, 0.5) is 0 Å². The van der Waals surface area contributed by atoms with E-state index in [2.05, 4.69) is 5.32 Å². The number of hydrogen-bond donors (Lipinski definition) is 1. The molecule has 2 aliphatic heterocycles. The molecule has 1 aliphatic carbocycles. The second-order valence-electron chi connectivity index (χ2n) is 6.73. The van der Waals surface area contributed by atoms with Crippen LogP contribution >= 0.6 is 0 Å². The number of nitrogens with one attached hydrogen (secondary N) is 1. The van der Waals surface area contributed by atoms with Crippen molar-refractivity contribution in [2.24, 2.45) is 5.92 Å². The maximum Gasteiger partial charge on any atom is 0.136 e. The zero-order valence-electron chi connectivity index (χ0n) is 12.0. The molecule has 3 aliphatic rings. The summed E-state index contributed by atoms with van der Waals surface area (Å²) in [7, 11) is 0. The SMILES string of the molecule is O=C(CCC1CCCCN1)C1CCOC2(CCC2)C1. The largest absolute Gasteiger partial charge is 0.375 e. The van der Waals surface area contributed by atoms with Crippen LogP contribution in [-0.4, -0.2) is 30.6 Å². The van der Waals surface area contributed by atoms with Gasteiger partial charge in [-0.3, -0.25) is 4.79 Å². The Balaban J connectivity index is 1.44. The molecule has 3 fully saturated rings. The van der Waals surface area contributed by atoms with Crippen LogP contribution in [0.5, 0.6) is 0 Å². The fraction of sp³-hybridized carbons (Fsp3) is 0.938. The van der Waals surface area contributed by atoms with Crippen LogP contribution < -0.4 is 5.32 Å². The fourth-order valence-electron chi connectivity index (χ4n) is 3.91. The van der Waals surface area contributed by atoms with Gasteiger partial charge in [0.05, 0.1) is 5.60 Å². The molecule has 3 rings (SSSR count). The van der Waals surface area contributed by atoms with Gasteiger partial charge in [0, 0.05) is 25.0 Å². The Kier molecular flexibility index (Phi) is 4.23. The molecule has 1 saturated carbocycles. The van der Waals surface area contributed by atoms with Gasteiger partial charge in [0.15, 0.2) is 0 Å². The lowest BCUT2D eigenvalue weighted by atomic mass is 9.71. The first-order chi connectivity index (χ1) is 9.27. The van der Waals surface area contributed by atoms with Crippen molar-refractivity contribution in [2.45, 2.75) is 75.9 Å². The molecule has 3 heteroatoms. The van der Waals surface area contributed by atoms with Gasteiger partial charge in [0.2, 0.25) is 0 Å². The number of hydrogen-bond acceptors (Lipinski definition) is 3. The molecule has 2 atom stereocenters. The van der Waals surface area contributed by atoms with E-state index in [1.165, 1.54) is 38.5 Å². The van der Waals surface area contributed by atoms with Crippen LogP contribution in [0.3, 0.4) is 0 Å². The molecule has 2 unspecified atom stereocenters. The molecule has 0 aromatic rings. The standard InChI is InChI=1S/C16H27NO2/c18-15(6-5-14-4-1-2-10-17-14)13-7-11-19-16(12-13)8-3-9-16/h13-14,17H,1-12H2. The minimum Gasteiger partial charge on any atom is -0.375 e. The first-order valence-corrected chi connectivity index (χ1v) is 8.18. The Labute approximate surface area is 116 Å². The van der Waals surface area contributed by atoms with Gasteiger partial charge in [0.25, 0.3) is 0 Å². The van der Waals surface area contributed by atoms with Crippen molar-refractivity contribution in [1.29, 1.82) is 0 Å². The van der Waals surface area contributed by atoms with Gasteiger partial charge in [-0.05, 0) is 57.9 Å². The third kappa shape index (κ3) is 3.19. The van der Waals surface area contributed by atoms with Crippen LogP contribution in [0.15, 0.2) is 0 Å². The predicted octanol–water partition coefficient (Wildman–Crippen LogP) is 2.83. The van der Waals surface area contributed by atoms with Crippen molar-refractivity contribution in [3.05, 3.63) is 0 Å². The molecule has 1 spiro atoms. The van der Waals surface area contributed by atoms with Gasteiger partial charge in [-0.1, -0.05) is 6.42 Å². The average molecular weight is 265 g/mol. The van der Waals surface area contributed by atoms with Gasteiger partial charge >= 0.3 is 0 Å². The van der Waals surface area contributed by atoms with Crippen molar-refractivity contribution in [1.82, 2.24) is 5.32 Å². The highest BCUT2D eigenvalue weighted by molar-refractivity contribution is 5.81. The monoisotopic (exact) mass is 265 g/mol. The maximum atomic E-state index is 12.4. The Morgan fingerprint density at radius 2 is 2.11 bits per heavy atom. The molecule has 2 heterocycles. The number of ether oxygens (including phenoxy) is 1. The number of carbonyl (C=O) groups is 1. The molecule has 1 N–H and O–H groups in total. The summed E-state index contributed by atoms with van der Waals surface area (Å²) in [5.74, 6) is 0.791. The van der Waals surface area contributed by atoms with Crippen LogP contribution in [0.2, 0.25) is 0 Å². The summed E-state index contributed by atoms with van der Waals surface area (Å²) in [4.78, 5) is 12.4. The van der Waals surface area contributed by atoms with Crippen molar-refractivity contribution in [2.75, 3.05) is 13.2 Å². The van der Waals surface area contributed by atoms with Crippen LogP contribution in [0, 0.1) is 5.92 Å². The first-order valence-electron chi connectivity index (χ1n) is 8.18. The molecule has 3 nitrogen and oxygen atoms in total. The molecule has 2 saturated heterocycles. The van der Waals surface area contributed by atoms with E-state index in [1.807, 2.05) is 0 Å². The second kappa shape index (κ2) is 5.92. The van der Waals surface area contributed by atoms with Crippen LogP contribution in [-0.2, 0) is 9.53 Å². The highest BCUT2D eigenvalue weighted by atomic mass is 16.5. The van der Waals surface area contributed by atoms with E-state index in [1.54, 1.807) is 0 Å². The van der Waals surface area contributed by atoms with Gasteiger partial charge in [-0.15, -0.1) is 0 Å². The number of ketones is 1. The van der Waals surface area contributed by atoms with E-state index in [-0.39, 0.29) is 11.5 Å². The van der Waals surface area contributed by atoms with Crippen molar-refractivity contribution >= 4 is 5.78 Å². The van der Waals surface area contributed by atoms with Crippen molar-refractivity contribution in [3.8, 4) is 0 Å². The molecular weight excluding hydrogens is 238 g/mol. The summed E-state index contributed by atoms with van der Waals surface area (Å²) in [6.07, 6.45) is 11.3. The zero-order valence-corrected chi connectivity index (χ0v) is 12.0. The van der Waals surface area contributed by atoms with Crippen molar-refractivity contribution in [3.63, 3.8) is 0 Å². The van der Waals surface area contributed by atoms with E-state index in [0.29, 0.717) is 11.8 Å². The highest BCUT2D eigenvalue weighted by Crippen LogP contribution is 2.44. The molecule has 0 bridgehead atoms. The summed E-state index contributed by atoms with van der Waals surface area (Å²) < 4.78 is 5.91. The van der Waals surface area contributed by atoms with E-state index < -0.39 is 0 Å². The predicted molar refractivity (Wildman–Crippen MR) is 75.1 cm³/mol. The lowest BCUT2D eigenvalue weighted by Gasteiger charge is -2.47.